The second kappa shape index (κ2) is 11.8. The highest BCUT2D eigenvalue weighted by molar-refractivity contribution is 6.10. The molecule has 2 fully saturated rings. The summed E-state index contributed by atoms with van der Waals surface area (Å²) in [6, 6.07) is 11.0. The van der Waals surface area contributed by atoms with Crippen molar-refractivity contribution in [2.75, 3.05) is 26.2 Å². The molecule has 1 aromatic carbocycles. The van der Waals surface area contributed by atoms with Gasteiger partial charge in [0.25, 0.3) is 17.6 Å². The number of hydrogen-bond donors (Lipinski definition) is 0. The summed E-state index contributed by atoms with van der Waals surface area (Å²) in [5, 5.41) is 5.79. The third-order valence-electron chi connectivity index (χ3n) is 7.89. The standard InChI is InChI=1S/C31H31N7O3/c1-32-28-7-6-22(19-33-28)21-41-29-18-26-24(20-34-29)16-23(17-27(26)31(40)36-11-3-2-4-12-36)30(39)37-14-8-25(9-15-37)38-13-5-10-35-38/h5-7,10,13,16-20,25H,2-4,8-9,11-12,14-15,21H2. The number of aromatic nitrogens is 4. The number of rotatable bonds is 6. The smallest absolute Gasteiger partial charge is 0.269 e. The maximum Gasteiger partial charge on any atom is 0.269 e. The van der Waals surface area contributed by atoms with E-state index in [4.69, 9.17) is 11.3 Å². The van der Waals surface area contributed by atoms with Gasteiger partial charge in [-0.15, -0.1) is 4.98 Å². The van der Waals surface area contributed by atoms with Crippen molar-refractivity contribution in [2.24, 2.45) is 0 Å². The van der Waals surface area contributed by atoms with Crippen molar-refractivity contribution in [3.63, 3.8) is 0 Å². The first-order valence-corrected chi connectivity index (χ1v) is 14.1. The highest BCUT2D eigenvalue weighted by atomic mass is 16.5. The van der Waals surface area contributed by atoms with Gasteiger partial charge in [-0.25, -0.2) is 4.98 Å². The van der Waals surface area contributed by atoms with Crippen LogP contribution in [0.15, 0.2) is 61.2 Å². The van der Waals surface area contributed by atoms with Gasteiger partial charge in [0, 0.05) is 78.3 Å². The van der Waals surface area contributed by atoms with Crippen LogP contribution in [-0.2, 0) is 6.61 Å². The van der Waals surface area contributed by atoms with Crippen LogP contribution < -0.4 is 4.74 Å². The minimum absolute atomic E-state index is 0.0715. The van der Waals surface area contributed by atoms with Crippen LogP contribution in [0.25, 0.3) is 15.6 Å². The number of likely N-dealkylation sites (tertiary alicyclic amines) is 2. The molecule has 5 heterocycles. The number of benzene rings is 1. The SMILES string of the molecule is [C-]#[N+]c1ccc(COc2cc3c(C(=O)N4CCCCC4)cc(C(=O)N4CCC(n5cccn5)CC4)cc3cn2)cn1. The highest BCUT2D eigenvalue weighted by Gasteiger charge is 2.27. The first-order chi connectivity index (χ1) is 20.1. The van der Waals surface area contributed by atoms with E-state index in [2.05, 4.69) is 19.9 Å². The molecule has 0 radical (unpaired) electrons. The molecule has 4 aromatic rings. The van der Waals surface area contributed by atoms with Crippen molar-refractivity contribution >= 4 is 28.4 Å². The number of ether oxygens (including phenoxy) is 1. The summed E-state index contributed by atoms with van der Waals surface area (Å²) in [7, 11) is 0. The molecule has 2 amide bonds. The number of hydrogen-bond acceptors (Lipinski definition) is 6. The van der Waals surface area contributed by atoms with Crippen LogP contribution in [0.4, 0.5) is 5.82 Å². The first kappa shape index (κ1) is 26.4. The molecule has 10 heteroatoms. The quantitative estimate of drug-likeness (QED) is 0.312. The molecule has 0 N–H and O–H groups in total. The lowest BCUT2D eigenvalue weighted by Gasteiger charge is -2.32. The number of pyridine rings is 2. The Morgan fingerprint density at radius 3 is 2.46 bits per heavy atom. The second-order valence-corrected chi connectivity index (χ2v) is 10.6. The van der Waals surface area contributed by atoms with Crippen LogP contribution >= 0.6 is 0 Å². The summed E-state index contributed by atoms with van der Waals surface area (Å²) in [6.07, 6.45) is 11.8. The summed E-state index contributed by atoms with van der Waals surface area (Å²) < 4.78 is 7.90. The number of carbonyl (C=O) groups excluding carboxylic acids is 2. The molecule has 0 unspecified atom stereocenters. The fraction of sp³-hybridized carbons (Fsp3) is 0.355. The molecule has 208 valence electrons. The van der Waals surface area contributed by atoms with Crippen LogP contribution in [0, 0.1) is 6.57 Å². The van der Waals surface area contributed by atoms with E-state index < -0.39 is 0 Å². The van der Waals surface area contributed by atoms with E-state index in [-0.39, 0.29) is 24.5 Å². The van der Waals surface area contributed by atoms with E-state index in [1.54, 1.807) is 42.9 Å². The minimum atomic E-state index is -0.0748. The van der Waals surface area contributed by atoms with Gasteiger partial charge in [0.15, 0.2) is 0 Å². The summed E-state index contributed by atoms with van der Waals surface area (Å²) in [5.74, 6) is 0.553. The zero-order valence-corrected chi connectivity index (χ0v) is 22.8. The number of piperidine rings is 2. The average molecular weight is 550 g/mol. The van der Waals surface area contributed by atoms with E-state index in [0.29, 0.717) is 54.4 Å². The van der Waals surface area contributed by atoms with E-state index in [9.17, 15) is 9.59 Å². The lowest BCUT2D eigenvalue weighted by Crippen LogP contribution is -2.39. The minimum Gasteiger partial charge on any atom is -0.473 e. The molecule has 6 rings (SSSR count). The normalized spacial score (nSPS) is 16.0. The van der Waals surface area contributed by atoms with Crippen LogP contribution in [0.5, 0.6) is 5.88 Å². The third-order valence-corrected chi connectivity index (χ3v) is 7.89. The molecule has 10 nitrogen and oxygen atoms in total. The van der Waals surface area contributed by atoms with E-state index in [1.807, 2.05) is 32.8 Å². The fourth-order valence-corrected chi connectivity index (χ4v) is 5.62. The Morgan fingerprint density at radius 2 is 1.76 bits per heavy atom. The zero-order valence-electron chi connectivity index (χ0n) is 22.8. The van der Waals surface area contributed by atoms with Crippen LogP contribution in [-0.4, -0.2) is 67.5 Å². The fourth-order valence-electron chi connectivity index (χ4n) is 5.62. The number of amides is 2. The molecule has 0 bridgehead atoms. The van der Waals surface area contributed by atoms with Gasteiger partial charge in [0.05, 0.1) is 6.04 Å². The van der Waals surface area contributed by atoms with Gasteiger partial charge in [-0.2, -0.15) is 5.10 Å². The Balaban J connectivity index is 1.27. The van der Waals surface area contributed by atoms with Gasteiger partial charge in [0.1, 0.15) is 12.8 Å². The highest BCUT2D eigenvalue weighted by Crippen LogP contribution is 2.29. The molecule has 3 aromatic heterocycles. The Kier molecular flexibility index (Phi) is 7.58. The molecular weight excluding hydrogens is 518 g/mol. The summed E-state index contributed by atoms with van der Waals surface area (Å²) in [4.78, 5) is 43.1. The summed E-state index contributed by atoms with van der Waals surface area (Å²) in [6.45, 7) is 9.96. The Bertz CT molecular complexity index is 1580. The lowest BCUT2D eigenvalue weighted by atomic mass is 9.98. The topological polar surface area (TPSA) is 97.8 Å². The molecule has 0 atom stereocenters. The number of fused-ring (bicyclic) bond motifs is 1. The lowest BCUT2D eigenvalue weighted by molar-refractivity contribution is 0.0690. The van der Waals surface area contributed by atoms with E-state index in [1.165, 1.54) is 0 Å². The predicted molar refractivity (Wildman–Crippen MR) is 153 cm³/mol. The predicted octanol–water partition coefficient (Wildman–Crippen LogP) is 5.06. The van der Waals surface area contributed by atoms with Crippen molar-refractivity contribution in [2.45, 2.75) is 44.8 Å². The number of carbonyl (C=O) groups is 2. The van der Waals surface area contributed by atoms with Crippen LogP contribution in [0.3, 0.4) is 0 Å². The Labute approximate surface area is 238 Å². The van der Waals surface area contributed by atoms with Crippen molar-refractivity contribution in [3.8, 4) is 5.88 Å². The largest absolute Gasteiger partial charge is 0.473 e. The van der Waals surface area contributed by atoms with Crippen LogP contribution in [0.1, 0.15) is 64.4 Å². The first-order valence-electron chi connectivity index (χ1n) is 14.1. The molecular formula is C31H31N7O3. The summed E-state index contributed by atoms with van der Waals surface area (Å²) >= 11 is 0. The summed E-state index contributed by atoms with van der Waals surface area (Å²) in [5.41, 5.74) is 1.80. The van der Waals surface area contributed by atoms with Crippen molar-refractivity contribution in [1.82, 2.24) is 29.5 Å². The van der Waals surface area contributed by atoms with Crippen molar-refractivity contribution < 1.29 is 14.3 Å². The van der Waals surface area contributed by atoms with E-state index >= 15 is 0 Å². The Morgan fingerprint density at radius 1 is 0.951 bits per heavy atom. The second-order valence-electron chi connectivity index (χ2n) is 10.6. The third kappa shape index (κ3) is 5.75. The average Bonchev–Trinajstić information content (AvgIpc) is 3.58. The van der Waals surface area contributed by atoms with Crippen molar-refractivity contribution in [1.29, 1.82) is 0 Å². The maximum absolute atomic E-state index is 13.8. The van der Waals surface area contributed by atoms with Gasteiger partial charge in [-0.1, -0.05) is 12.6 Å². The van der Waals surface area contributed by atoms with Gasteiger partial charge in [-0.3, -0.25) is 14.3 Å². The van der Waals surface area contributed by atoms with Gasteiger partial charge >= 0.3 is 0 Å². The number of nitrogens with zero attached hydrogens (tertiary/aromatic N) is 7. The van der Waals surface area contributed by atoms with E-state index in [0.717, 1.165) is 43.1 Å². The molecule has 0 saturated carbocycles. The van der Waals surface area contributed by atoms with Crippen molar-refractivity contribution in [3.05, 3.63) is 89.3 Å². The molecule has 0 aliphatic carbocycles. The molecule has 2 saturated heterocycles. The molecule has 41 heavy (non-hydrogen) atoms. The zero-order chi connectivity index (χ0) is 28.2. The monoisotopic (exact) mass is 549 g/mol. The Hall–Kier alpha value is -4.78. The molecule has 2 aliphatic rings. The van der Waals surface area contributed by atoms with Gasteiger partial charge < -0.3 is 19.4 Å². The molecule has 2 aliphatic heterocycles. The van der Waals surface area contributed by atoms with Crippen LogP contribution in [0.2, 0.25) is 0 Å². The van der Waals surface area contributed by atoms with Gasteiger partial charge in [0.2, 0.25) is 5.88 Å². The maximum atomic E-state index is 13.8. The van der Waals surface area contributed by atoms with Gasteiger partial charge in [-0.05, 0) is 56.4 Å². The molecule has 0 spiro atoms.